The molecule has 74 valence electrons. The quantitative estimate of drug-likeness (QED) is 0.659. The minimum Gasteiger partial charge on any atom is -0.480 e. The summed E-state index contributed by atoms with van der Waals surface area (Å²) in [5.74, 6) is 1.25. The first-order chi connectivity index (χ1) is 6.70. The summed E-state index contributed by atoms with van der Waals surface area (Å²) in [6, 6.07) is 5.36. The highest BCUT2D eigenvalue weighted by Gasteiger charge is 2.20. The molecule has 2 rings (SSSR count). The molecular formula is C10H13N3O. The third-order valence-electron chi connectivity index (χ3n) is 2.20. The summed E-state index contributed by atoms with van der Waals surface area (Å²) in [6.07, 6.45) is 0.688. The van der Waals surface area contributed by atoms with Crippen LogP contribution in [0.15, 0.2) is 23.2 Å². The van der Waals surface area contributed by atoms with Crippen LogP contribution >= 0.6 is 0 Å². The second-order valence-electron chi connectivity index (χ2n) is 3.28. The maximum Gasteiger partial charge on any atom is 0.155 e. The van der Waals surface area contributed by atoms with Gasteiger partial charge >= 0.3 is 0 Å². The van der Waals surface area contributed by atoms with E-state index in [2.05, 4.69) is 4.99 Å². The fraction of sp³-hybridized carbons (Fsp3) is 0.300. The van der Waals surface area contributed by atoms with E-state index in [1.165, 1.54) is 0 Å². The number of ether oxygens (including phenoxy) is 1. The Balaban J connectivity index is 2.43. The lowest BCUT2D eigenvalue weighted by atomic mass is 10.2. The van der Waals surface area contributed by atoms with Crippen molar-refractivity contribution in [3.63, 3.8) is 0 Å². The van der Waals surface area contributed by atoms with Gasteiger partial charge in [0.25, 0.3) is 0 Å². The normalized spacial score (nSPS) is 19.5. The zero-order valence-electron chi connectivity index (χ0n) is 8.03. The van der Waals surface area contributed by atoms with Crippen LogP contribution in [-0.4, -0.2) is 11.9 Å². The fourth-order valence-corrected chi connectivity index (χ4v) is 1.43. The lowest BCUT2D eigenvalue weighted by Crippen LogP contribution is -2.35. The van der Waals surface area contributed by atoms with Gasteiger partial charge in [-0.05, 0) is 18.6 Å². The average Bonchev–Trinajstić information content (AvgIpc) is 2.17. The van der Waals surface area contributed by atoms with Gasteiger partial charge in [-0.15, -0.1) is 0 Å². The zero-order valence-corrected chi connectivity index (χ0v) is 8.03. The van der Waals surface area contributed by atoms with Crippen LogP contribution in [0.5, 0.6) is 5.75 Å². The number of nitrogens with zero attached hydrogens (tertiary/aromatic N) is 1. The minimum atomic E-state index is -0.121. The van der Waals surface area contributed by atoms with Crippen LogP contribution in [0.3, 0.4) is 0 Å². The van der Waals surface area contributed by atoms with E-state index in [1.54, 1.807) is 12.1 Å². The van der Waals surface area contributed by atoms with Crippen molar-refractivity contribution in [2.24, 2.45) is 10.7 Å². The summed E-state index contributed by atoms with van der Waals surface area (Å²) in [5.41, 5.74) is 12.8. The Morgan fingerprint density at radius 1 is 1.43 bits per heavy atom. The number of hydrogen-bond donors (Lipinski definition) is 2. The molecule has 0 fully saturated rings. The van der Waals surface area contributed by atoms with Gasteiger partial charge < -0.3 is 16.2 Å². The van der Waals surface area contributed by atoms with E-state index in [-0.39, 0.29) is 6.10 Å². The Hall–Kier alpha value is -1.71. The number of rotatable bonds is 1. The smallest absolute Gasteiger partial charge is 0.155 e. The molecule has 1 aromatic rings. The van der Waals surface area contributed by atoms with Crippen molar-refractivity contribution in [1.82, 2.24) is 0 Å². The Morgan fingerprint density at radius 3 is 2.93 bits per heavy atom. The molecule has 0 spiro atoms. The second kappa shape index (κ2) is 3.21. The summed E-state index contributed by atoms with van der Waals surface area (Å²) in [4.78, 5) is 4.25. The molecule has 4 nitrogen and oxygen atoms in total. The molecule has 0 radical (unpaired) electrons. The summed E-state index contributed by atoms with van der Waals surface area (Å²) in [6.45, 7) is 2.00. The second-order valence-corrected chi connectivity index (χ2v) is 3.28. The minimum absolute atomic E-state index is 0.121. The van der Waals surface area contributed by atoms with Crippen LogP contribution < -0.4 is 16.2 Å². The molecule has 0 saturated heterocycles. The Labute approximate surface area is 82.6 Å². The van der Waals surface area contributed by atoms with E-state index >= 15 is 0 Å². The highest BCUT2D eigenvalue weighted by atomic mass is 16.5. The molecular weight excluding hydrogens is 178 g/mol. The van der Waals surface area contributed by atoms with Crippen molar-refractivity contribution < 1.29 is 4.74 Å². The van der Waals surface area contributed by atoms with E-state index in [4.69, 9.17) is 16.2 Å². The van der Waals surface area contributed by atoms with Gasteiger partial charge in [-0.1, -0.05) is 6.92 Å². The predicted molar refractivity (Wildman–Crippen MR) is 56.8 cm³/mol. The summed E-state index contributed by atoms with van der Waals surface area (Å²) >= 11 is 0. The molecule has 4 heteroatoms. The molecule has 1 atom stereocenters. The fourth-order valence-electron chi connectivity index (χ4n) is 1.43. The van der Waals surface area contributed by atoms with Crippen molar-refractivity contribution in [3.8, 4) is 5.75 Å². The van der Waals surface area contributed by atoms with Crippen molar-refractivity contribution >= 4 is 17.2 Å². The molecule has 14 heavy (non-hydrogen) atoms. The van der Waals surface area contributed by atoms with Gasteiger partial charge in [-0.3, -0.25) is 0 Å². The molecule has 0 saturated carbocycles. The number of nitrogens with two attached hydrogens (primary N) is 2. The molecule has 1 aromatic carbocycles. The molecule has 1 aliphatic rings. The van der Waals surface area contributed by atoms with Gasteiger partial charge in [0.05, 0.1) is 0 Å². The number of fused-ring (bicyclic) bond motifs is 1. The van der Waals surface area contributed by atoms with Gasteiger partial charge in [0, 0.05) is 11.8 Å². The van der Waals surface area contributed by atoms with Crippen LogP contribution in [0.25, 0.3) is 0 Å². The van der Waals surface area contributed by atoms with Gasteiger partial charge in [0.15, 0.2) is 6.10 Å². The molecule has 0 aromatic heterocycles. The van der Waals surface area contributed by atoms with E-state index < -0.39 is 0 Å². The third kappa shape index (κ3) is 1.39. The summed E-state index contributed by atoms with van der Waals surface area (Å²) in [5, 5.41) is 0. The highest BCUT2D eigenvalue weighted by molar-refractivity contribution is 5.90. The SMILES string of the molecule is CCC1Oc2cc(N)ccc2N=C1N. The topological polar surface area (TPSA) is 73.6 Å². The average molecular weight is 191 g/mol. The molecule has 0 amide bonds. The summed E-state index contributed by atoms with van der Waals surface area (Å²) < 4.78 is 5.64. The number of hydrogen-bond acceptors (Lipinski definition) is 4. The van der Waals surface area contributed by atoms with Crippen molar-refractivity contribution in [2.75, 3.05) is 5.73 Å². The van der Waals surface area contributed by atoms with Crippen LogP contribution in [0.4, 0.5) is 11.4 Å². The predicted octanol–water partition coefficient (Wildman–Crippen LogP) is 1.43. The van der Waals surface area contributed by atoms with Crippen LogP contribution in [-0.2, 0) is 0 Å². The largest absolute Gasteiger partial charge is 0.480 e. The van der Waals surface area contributed by atoms with E-state index in [0.717, 1.165) is 12.1 Å². The Morgan fingerprint density at radius 2 is 2.21 bits per heavy atom. The molecule has 0 bridgehead atoms. The van der Waals surface area contributed by atoms with Crippen LogP contribution in [0.1, 0.15) is 13.3 Å². The van der Waals surface area contributed by atoms with E-state index in [9.17, 15) is 0 Å². The number of anilines is 1. The molecule has 1 heterocycles. The van der Waals surface area contributed by atoms with Crippen LogP contribution in [0, 0.1) is 0 Å². The third-order valence-corrected chi connectivity index (χ3v) is 2.20. The Kier molecular flexibility index (Phi) is 2.04. The number of benzene rings is 1. The van der Waals surface area contributed by atoms with Crippen molar-refractivity contribution in [3.05, 3.63) is 18.2 Å². The van der Waals surface area contributed by atoms with E-state index in [0.29, 0.717) is 17.3 Å². The molecule has 1 aliphatic heterocycles. The molecule has 0 aliphatic carbocycles. The zero-order chi connectivity index (χ0) is 10.1. The highest BCUT2D eigenvalue weighted by Crippen LogP contribution is 2.33. The van der Waals surface area contributed by atoms with Gasteiger partial charge in [0.1, 0.15) is 17.3 Å². The number of aliphatic imine (C=N–C) groups is 1. The lowest BCUT2D eigenvalue weighted by Gasteiger charge is -2.22. The number of amidine groups is 1. The first kappa shape index (κ1) is 8.87. The summed E-state index contributed by atoms with van der Waals surface area (Å²) in [7, 11) is 0. The maximum atomic E-state index is 5.74. The maximum absolute atomic E-state index is 5.74. The van der Waals surface area contributed by atoms with Crippen molar-refractivity contribution in [2.45, 2.75) is 19.4 Å². The Bertz CT molecular complexity index is 387. The van der Waals surface area contributed by atoms with Gasteiger partial charge in [-0.25, -0.2) is 4.99 Å². The monoisotopic (exact) mass is 191 g/mol. The van der Waals surface area contributed by atoms with E-state index in [1.807, 2.05) is 13.0 Å². The van der Waals surface area contributed by atoms with Gasteiger partial charge in [-0.2, -0.15) is 0 Å². The lowest BCUT2D eigenvalue weighted by molar-refractivity contribution is 0.257. The number of nitrogen functional groups attached to an aromatic ring is 1. The molecule has 4 N–H and O–H groups in total. The van der Waals surface area contributed by atoms with Gasteiger partial charge in [0.2, 0.25) is 0 Å². The standard InChI is InChI=1S/C10H13N3O/c1-2-8-10(12)13-7-4-3-6(11)5-9(7)14-8/h3-5,8H,2,11H2,1H3,(H2,12,13). The van der Waals surface area contributed by atoms with Crippen molar-refractivity contribution in [1.29, 1.82) is 0 Å². The first-order valence-corrected chi connectivity index (χ1v) is 4.61. The first-order valence-electron chi connectivity index (χ1n) is 4.61. The van der Waals surface area contributed by atoms with Crippen LogP contribution in [0.2, 0.25) is 0 Å². The molecule has 1 unspecified atom stereocenters.